The molecule has 0 radical (unpaired) electrons. The first-order valence-electron chi connectivity index (χ1n) is 2.27. The van der Waals surface area contributed by atoms with Crippen molar-refractivity contribution in [2.24, 2.45) is 0 Å². The molecule has 0 aliphatic heterocycles. The third-order valence-electron chi connectivity index (χ3n) is 1.03. The molecule has 9 heavy (non-hydrogen) atoms. The fourth-order valence-electron chi connectivity index (χ4n) is 0.163. The van der Waals surface area contributed by atoms with Gasteiger partial charge < -0.3 is 0 Å². The fraction of sp³-hybridized carbons (Fsp3) is 0.400. The molecule has 4 heteroatoms. The number of nitriles is 2. The Labute approximate surface area is 53.1 Å². The third-order valence-corrected chi connectivity index (χ3v) is 1.03. The normalized spacial score (nSPS) is 9.33. The van der Waals surface area contributed by atoms with E-state index in [-0.39, 0.29) is 0 Å². The van der Waals surface area contributed by atoms with Gasteiger partial charge in [0.25, 0.3) is 0 Å². The van der Waals surface area contributed by atoms with Gasteiger partial charge in [0.1, 0.15) is 7.05 Å². The molecule has 0 spiro atoms. The van der Waals surface area contributed by atoms with Crippen LogP contribution in [0.4, 0.5) is 0 Å². The third kappa shape index (κ3) is 1.25. The van der Waals surface area contributed by atoms with Crippen molar-refractivity contribution in [3.63, 3.8) is 0 Å². The highest BCUT2D eigenvalue weighted by Gasteiger charge is 2.28. The molecule has 0 N–H and O–H groups in total. The highest BCUT2D eigenvalue weighted by molar-refractivity contribution is 5.67. The molecule has 0 aromatic rings. The van der Waals surface area contributed by atoms with E-state index < -0.39 is 10.4 Å². The van der Waals surface area contributed by atoms with Crippen LogP contribution >= 0.6 is 0 Å². The molecule has 4 nitrogen and oxygen atoms in total. The number of amides is 1. The molecule has 1 amide bonds. The summed E-state index contributed by atoms with van der Waals surface area (Å²) in [6.07, 6.45) is 3.11. The van der Waals surface area contributed by atoms with E-state index >= 15 is 0 Å². The van der Waals surface area contributed by atoms with Gasteiger partial charge in [0, 0.05) is 0 Å². The van der Waals surface area contributed by atoms with Crippen molar-refractivity contribution in [1.29, 1.82) is 10.5 Å². The van der Waals surface area contributed by atoms with Crippen LogP contribution in [-0.2, 0) is 4.79 Å². The average Bonchev–Trinajstić information content (AvgIpc) is 1.86. The first-order chi connectivity index (χ1) is 4.06. The Bertz CT molecular complexity index is 193. The van der Waals surface area contributed by atoms with Crippen LogP contribution in [0, 0.1) is 22.9 Å². The lowest BCUT2D eigenvalue weighted by Gasteiger charge is -2.05. The zero-order valence-corrected chi connectivity index (χ0v) is 5.25. The second kappa shape index (κ2) is 2.25. The van der Waals surface area contributed by atoms with Gasteiger partial charge in [-0.05, 0) is 0 Å². The summed E-state index contributed by atoms with van der Waals surface area (Å²) in [5.74, 6) is -0.472. The molecule has 0 unspecified atom stereocenters. The molecule has 46 valence electrons. The smallest absolute Gasteiger partial charge is 0.229 e. The average molecular weight is 124 g/mol. The standard InChI is InChI=1S/C5H6N3O/c1-5(9)8(2,3-6)4-7/h1-2H3/q+1. The number of quaternary nitrogens is 1. The highest BCUT2D eigenvalue weighted by atomic mass is 16.2. The van der Waals surface area contributed by atoms with Crippen LogP contribution in [0.5, 0.6) is 0 Å². The van der Waals surface area contributed by atoms with E-state index in [0.29, 0.717) is 0 Å². The molecule has 0 fully saturated rings. The molecule has 0 saturated heterocycles. The Hall–Kier alpha value is -1.39. The van der Waals surface area contributed by atoms with Crippen LogP contribution < -0.4 is 0 Å². The summed E-state index contributed by atoms with van der Waals surface area (Å²) >= 11 is 0. The zero-order chi connectivity index (χ0) is 7.49. The first kappa shape index (κ1) is 7.61. The molecule has 0 aliphatic carbocycles. The van der Waals surface area contributed by atoms with Crippen molar-refractivity contribution in [2.75, 3.05) is 7.05 Å². The van der Waals surface area contributed by atoms with Crippen molar-refractivity contribution in [1.82, 2.24) is 0 Å². The summed E-state index contributed by atoms with van der Waals surface area (Å²) in [7, 11) is 1.24. The lowest BCUT2D eigenvalue weighted by Crippen LogP contribution is -2.37. The molecular formula is C5H6N3O+. The van der Waals surface area contributed by atoms with Crippen molar-refractivity contribution in [2.45, 2.75) is 6.92 Å². The molecule has 0 rings (SSSR count). The van der Waals surface area contributed by atoms with E-state index in [2.05, 4.69) is 0 Å². The van der Waals surface area contributed by atoms with Crippen LogP contribution in [0.25, 0.3) is 0 Å². The lowest BCUT2D eigenvalue weighted by atomic mass is 10.5. The monoisotopic (exact) mass is 124 g/mol. The fourth-order valence-corrected chi connectivity index (χ4v) is 0.163. The van der Waals surface area contributed by atoms with Gasteiger partial charge in [-0.1, -0.05) is 4.48 Å². The summed E-state index contributed by atoms with van der Waals surface area (Å²) in [5.41, 5.74) is 0. The Morgan fingerprint density at radius 2 is 1.78 bits per heavy atom. The van der Waals surface area contributed by atoms with E-state index in [0.717, 1.165) is 0 Å². The van der Waals surface area contributed by atoms with Crippen molar-refractivity contribution in [3.05, 3.63) is 0 Å². The number of hydrogen-bond donors (Lipinski definition) is 0. The van der Waals surface area contributed by atoms with E-state index in [4.69, 9.17) is 10.5 Å². The minimum atomic E-state index is -0.833. The summed E-state index contributed by atoms with van der Waals surface area (Å²) in [6, 6.07) is 0. The second-order valence-electron chi connectivity index (χ2n) is 1.73. The molecule has 0 atom stereocenters. The van der Waals surface area contributed by atoms with Gasteiger partial charge in [0.2, 0.25) is 0 Å². The van der Waals surface area contributed by atoms with Gasteiger partial charge >= 0.3 is 18.3 Å². The van der Waals surface area contributed by atoms with Crippen LogP contribution in [0.1, 0.15) is 6.92 Å². The Balaban J connectivity index is 4.60. The number of hydrogen-bond acceptors (Lipinski definition) is 3. The molecule has 0 aliphatic rings. The molecule has 0 heterocycles. The van der Waals surface area contributed by atoms with Crippen LogP contribution in [0.15, 0.2) is 0 Å². The molecule has 0 aromatic carbocycles. The van der Waals surface area contributed by atoms with Gasteiger partial charge in [-0.25, -0.2) is 4.79 Å². The second-order valence-corrected chi connectivity index (χ2v) is 1.73. The predicted molar refractivity (Wildman–Crippen MR) is 28.1 cm³/mol. The molecule has 0 saturated carbocycles. The van der Waals surface area contributed by atoms with Crippen molar-refractivity contribution >= 4 is 5.91 Å². The molecular weight excluding hydrogens is 118 g/mol. The number of nitrogens with zero attached hydrogens (tertiary/aromatic N) is 3. The lowest BCUT2D eigenvalue weighted by molar-refractivity contribution is -0.693. The van der Waals surface area contributed by atoms with Crippen LogP contribution in [0.3, 0.4) is 0 Å². The van der Waals surface area contributed by atoms with E-state index in [1.165, 1.54) is 14.0 Å². The van der Waals surface area contributed by atoms with Gasteiger partial charge in [-0.15, -0.1) is 10.5 Å². The SMILES string of the molecule is CC(=O)[N+](C)(C#N)C#N. The number of rotatable bonds is 0. The zero-order valence-electron chi connectivity index (χ0n) is 5.25. The Morgan fingerprint density at radius 3 is 1.78 bits per heavy atom. The Kier molecular flexibility index (Phi) is 1.90. The summed E-state index contributed by atoms with van der Waals surface area (Å²) < 4.78 is -0.833. The van der Waals surface area contributed by atoms with E-state index in [9.17, 15) is 4.79 Å². The molecule has 0 aromatic heterocycles. The predicted octanol–water partition coefficient (Wildman–Crippen LogP) is -0.0583. The minimum Gasteiger partial charge on any atom is -0.229 e. The maximum atomic E-state index is 10.5. The quantitative estimate of drug-likeness (QED) is 0.335. The van der Waals surface area contributed by atoms with Crippen molar-refractivity contribution in [3.8, 4) is 12.4 Å². The van der Waals surface area contributed by atoms with Crippen LogP contribution in [0.2, 0.25) is 0 Å². The van der Waals surface area contributed by atoms with E-state index in [1.54, 1.807) is 12.4 Å². The topological polar surface area (TPSA) is 64.7 Å². The minimum absolute atomic E-state index is 0.472. The summed E-state index contributed by atoms with van der Waals surface area (Å²) in [6.45, 7) is 1.20. The number of carbonyl (C=O) groups excluding carboxylic acids is 1. The summed E-state index contributed by atoms with van der Waals surface area (Å²) in [5, 5.41) is 16.5. The maximum absolute atomic E-state index is 10.5. The number of carbonyl (C=O) groups is 1. The van der Waals surface area contributed by atoms with E-state index in [1.807, 2.05) is 0 Å². The van der Waals surface area contributed by atoms with Gasteiger partial charge in [0.15, 0.2) is 0 Å². The molecule has 0 bridgehead atoms. The van der Waals surface area contributed by atoms with Gasteiger partial charge in [-0.3, -0.25) is 0 Å². The first-order valence-corrected chi connectivity index (χ1v) is 2.27. The van der Waals surface area contributed by atoms with Crippen LogP contribution in [-0.4, -0.2) is 17.4 Å². The summed E-state index contributed by atoms with van der Waals surface area (Å²) in [4.78, 5) is 10.5. The Morgan fingerprint density at radius 1 is 1.44 bits per heavy atom. The van der Waals surface area contributed by atoms with Gasteiger partial charge in [-0.2, -0.15) is 0 Å². The highest BCUT2D eigenvalue weighted by Crippen LogP contribution is 1.95. The largest absolute Gasteiger partial charge is 0.339 e. The maximum Gasteiger partial charge on any atom is 0.339 e. The van der Waals surface area contributed by atoms with Gasteiger partial charge in [0.05, 0.1) is 6.92 Å². The van der Waals surface area contributed by atoms with Crippen molar-refractivity contribution < 1.29 is 9.28 Å².